The van der Waals surface area contributed by atoms with E-state index in [9.17, 15) is 14.7 Å². The third kappa shape index (κ3) is 5.38. The summed E-state index contributed by atoms with van der Waals surface area (Å²) in [5.41, 5.74) is 3.08. The molecule has 0 fully saturated rings. The summed E-state index contributed by atoms with van der Waals surface area (Å²) in [4.78, 5) is 24.6. The van der Waals surface area contributed by atoms with Gasteiger partial charge in [-0.15, -0.1) is 0 Å². The number of phenols is 1. The number of hydrogen-bond donors (Lipinski definition) is 2. The molecule has 1 amide bonds. The molecular formula is C24H23NO5. The lowest BCUT2D eigenvalue weighted by Crippen LogP contribution is -2.35. The average Bonchev–Trinajstić information content (AvgIpc) is 2.78. The van der Waals surface area contributed by atoms with Crippen LogP contribution in [0.3, 0.4) is 0 Å². The molecule has 2 N–H and O–H groups in total. The summed E-state index contributed by atoms with van der Waals surface area (Å²) in [6.07, 6.45) is -0.924. The Morgan fingerprint density at radius 3 is 2.03 bits per heavy atom. The standard InChI is InChI=1S/C24H23NO5/c1-16(23(27)25-15-17-3-13-22(29-2)14-4-17)30-24(28)20-7-5-18(6-8-20)19-9-11-21(26)12-10-19/h3-14,16,26H,15H2,1-2H3,(H,25,27)/t16-/m0/s1. The van der Waals surface area contributed by atoms with Gasteiger partial charge in [0.05, 0.1) is 12.7 Å². The van der Waals surface area contributed by atoms with Gasteiger partial charge in [-0.05, 0) is 60.0 Å². The summed E-state index contributed by atoms with van der Waals surface area (Å²) in [5, 5.41) is 12.1. The van der Waals surface area contributed by atoms with E-state index < -0.39 is 12.1 Å². The maximum absolute atomic E-state index is 12.3. The Hall–Kier alpha value is -3.80. The van der Waals surface area contributed by atoms with Gasteiger partial charge in [0.2, 0.25) is 0 Å². The van der Waals surface area contributed by atoms with Crippen LogP contribution in [0.1, 0.15) is 22.8 Å². The molecule has 30 heavy (non-hydrogen) atoms. The van der Waals surface area contributed by atoms with Crippen LogP contribution >= 0.6 is 0 Å². The van der Waals surface area contributed by atoms with Crippen LogP contribution < -0.4 is 10.1 Å². The minimum Gasteiger partial charge on any atom is -0.508 e. The van der Waals surface area contributed by atoms with Gasteiger partial charge in [-0.1, -0.05) is 36.4 Å². The number of nitrogens with one attached hydrogen (secondary N) is 1. The molecule has 0 aromatic heterocycles. The first-order valence-electron chi connectivity index (χ1n) is 9.47. The number of rotatable bonds is 7. The number of methoxy groups -OCH3 is 1. The molecule has 0 bridgehead atoms. The molecule has 3 aromatic carbocycles. The molecule has 6 nitrogen and oxygen atoms in total. The van der Waals surface area contributed by atoms with Crippen molar-refractivity contribution in [1.29, 1.82) is 0 Å². The fraction of sp³-hybridized carbons (Fsp3) is 0.167. The zero-order chi connectivity index (χ0) is 21.5. The zero-order valence-electron chi connectivity index (χ0n) is 16.8. The van der Waals surface area contributed by atoms with Gasteiger partial charge in [0.1, 0.15) is 11.5 Å². The van der Waals surface area contributed by atoms with Crippen LogP contribution in [0.2, 0.25) is 0 Å². The molecule has 6 heteroatoms. The number of ether oxygens (including phenoxy) is 2. The van der Waals surface area contributed by atoms with Crippen molar-refractivity contribution >= 4 is 11.9 Å². The summed E-state index contributed by atoms with van der Waals surface area (Å²) < 4.78 is 10.4. The van der Waals surface area contributed by atoms with E-state index in [1.807, 2.05) is 24.3 Å². The summed E-state index contributed by atoms with van der Waals surface area (Å²) in [7, 11) is 1.59. The first kappa shape index (κ1) is 20.9. The smallest absolute Gasteiger partial charge is 0.338 e. The summed E-state index contributed by atoms with van der Waals surface area (Å²) in [6, 6.07) is 21.0. The quantitative estimate of drug-likeness (QED) is 0.582. The molecule has 0 saturated carbocycles. The highest BCUT2D eigenvalue weighted by Crippen LogP contribution is 2.22. The number of phenolic OH excluding ortho intramolecular Hbond substituents is 1. The predicted octanol–water partition coefficient (Wildman–Crippen LogP) is 3.93. The van der Waals surface area contributed by atoms with Gasteiger partial charge in [-0.2, -0.15) is 0 Å². The molecule has 154 valence electrons. The predicted molar refractivity (Wildman–Crippen MR) is 113 cm³/mol. The summed E-state index contributed by atoms with van der Waals surface area (Å²) in [6.45, 7) is 1.86. The van der Waals surface area contributed by atoms with Gasteiger partial charge in [0, 0.05) is 6.54 Å². The van der Waals surface area contributed by atoms with Gasteiger partial charge >= 0.3 is 5.97 Å². The second-order valence-electron chi connectivity index (χ2n) is 6.74. The molecular weight excluding hydrogens is 382 g/mol. The lowest BCUT2D eigenvalue weighted by molar-refractivity contribution is -0.129. The van der Waals surface area contributed by atoms with E-state index in [1.165, 1.54) is 6.92 Å². The highest BCUT2D eigenvalue weighted by atomic mass is 16.5. The van der Waals surface area contributed by atoms with Crippen LogP contribution in [-0.4, -0.2) is 30.2 Å². The zero-order valence-corrected chi connectivity index (χ0v) is 16.8. The lowest BCUT2D eigenvalue weighted by atomic mass is 10.0. The van der Waals surface area contributed by atoms with Crippen LogP contribution in [0.25, 0.3) is 11.1 Å². The van der Waals surface area contributed by atoms with Crippen molar-refractivity contribution in [2.45, 2.75) is 19.6 Å². The fourth-order valence-electron chi connectivity index (χ4n) is 2.81. The lowest BCUT2D eigenvalue weighted by Gasteiger charge is -2.14. The van der Waals surface area contributed by atoms with Crippen LogP contribution in [-0.2, 0) is 16.1 Å². The van der Waals surface area contributed by atoms with Gasteiger partial charge in [-0.3, -0.25) is 4.79 Å². The highest BCUT2D eigenvalue weighted by Gasteiger charge is 2.18. The van der Waals surface area contributed by atoms with E-state index in [-0.39, 0.29) is 11.7 Å². The Morgan fingerprint density at radius 1 is 0.900 bits per heavy atom. The molecule has 0 aliphatic rings. The normalized spacial score (nSPS) is 11.4. The number of carbonyl (C=O) groups is 2. The van der Waals surface area contributed by atoms with Gasteiger partial charge in [0.25, 0.3) is 5.91 Å². The van der Waals surface area contributed by atoms with Crippen LogP contribution in [0.5, 0.6) is 11.5 Å². The molecule has 0 spiro atoms. The number of esters is 1. The molecule has 0 radical (unpaired) electrons. The van der Waals surface area contributed by atoms with Crippen molar-refractivity contribution in [3.05, 3.63) is 83.9 Å². The van der Waals surface area contributed by atoms with E-state index in [0.29, 0.717) is 12.1 Å². The SMILES string of the molecule is COc1ccc(CNC(=O)[C@H](C)OC(=O)c2ccc(-c3ccc(O)cc3)cc2)cc1. The molecule has 0 unspecified atom stereocenters. The summed E-state index contributed by atoms with van der Waals surface area (Å²) >= 11 is 0. The van der Waals surface area contributed by atoms with E-state index in [0.717, 1.165) is 22.4 Å². The largest absolute Gasteiger partial charge is 0.508 e. The van der Waals surface area contributed by atoms with Crippen LogP contribution in [0.15, 0.2) is 72.8 Å². The minimum absolute atomic E-state index is 0.193. The maximum Gasteiger partial charge on any atom is 0.338 e. The van der Waals surface area contributed by atoms with Crippen molar-refractivity contribution in [2.24, 2.45) is 0 Å². The minimum atomic E-state index is -0.924. The molecule has 3 rings (SSSR count). The van der Waals surface area contributed by atoms with Gasteiger partial charge < -0.3 is 19.9 Å². The Morgan fingerprint density at radius 2 is 1.47 bits per heavy atom. The van der Waals surface area contributed by atoms with Crippen molar-refractivity contribution in [3.8, 4) is 22.6 Å². The van der Waals surface area contributed by atoms with E-state index in [4.69, 9.17) is 9.47 Å². The Kier molecular flexibility index (Phi) is 6.70. The van der Waals surface area contributed by atoms with Crippen molar-refractivity contribution < 1.29 is 24.2 Å². The maximum atomic E-state index is 12.3. The number of amides is 1. The number of benzene rings is 3. The number of hydrogen-bond acceptors (Lipinski definition) is 5. The number of carbonyl (C=O) groups excluding carboxylic acids is 2. The number of aromatic hydroxyl groups is 1. The van der Waals surface area contributed by atoms with Crippen LogP contribution in [0, 0.1) is 0 Å². The second kappa shape index (κ2) is 9.60. The van der Waals surface area contributed by atoms with E-state index >= 15 is 0 Å². The van der Waals surface area contributed by atoms with Crippen molar-refractivity contribution in [2.75, 3.05) is 7.11 Å². The van der Waals surface area contributed by atoms with Gasteiger partial charge in [0.15, 0.2) is 6.10 Å². The highest BCUT2D eigenvalue weighted by molar-refractivity contribution is 5.92. The summed E-state index contributed by atoms with van der Waals surface area (Å²) in [5.74, 6) is -0.0127. The molecule has 1 atom stereocenters. The first-order valence-corrected chi connectivity index (χ1v) is 9.47. The van der Waals surface area contributed by atoms with Gasteiger partial charge in [-0.25, -0.2) is 4.79 Å². The van der Waals surface area contributed by atoms with Crippen molar-refractivity contribution in [3.63, 3.8) is 0 Å². The fourth-order valence-corrected chi connectivity index (χ4v) is 2.81. The Balaban J connectivity index is 1.53. The van der Waals surface area contributed by atoms with E-state index in [2.05, 4.69) is 5.32 Å². The second-order valence-corrected chi connectivity index (χ2v) is 6.74. The monoisotopic (exact) mass is 405 g/mol. The molecule has 0 aliphatic carbocycles. The third-order valence-electron chi connectivity index (χ3n) is 4.60. The molecule has 0 aliphatic heterocycles. The van der Waals surface area contributed by atoms with E-state index in [1.54, 1.807) is 55.6 Å². The average molecular weight is 405 g/mol. The Bertz CT molecular complexity index is 995. The topological polar surface area (TPSA) is 84.9 Å². The Labute approximate surface area is 175 Å². The molecule has 0 heterocycles. The third-order valence-corrected chi connectivity index (χ3v) is 4.60. The van der Waals surface area contributed by atoms with Crippen molar-refractivity contribution in [1.82, 2.24) is 5.32 Å². The molecule has 0 saturated heterocycles. The first-order chi connectivity index (χ1) is 14.5. The van der Waals surface area contributed by atoms with Crippen LogP contribution in [0.4, 0.5) is 0 Å². The molecule has 3 aromatic rings.